The number of hydrogen-bond donors (Lipinski definition) is 0. The summed E-state index contributed by atoms with van der Waals surface area (Å²) in [6.07, 6.45) is 0.955. The van der Waals surface area contributed by atoms with E-state index >= 15 is 0 Å². The summed E-state index contributed by atoms with van der Waals surface area (Å²) in [6, 6.07) is 7.51. The number of nitrogens with zero attached hydrogens (tertiary/aromatic N) is 1. The molecule has 0 fully saturated rings. The molecule has 0 saturated heterocycles. The second-order valence-corrected chi connectivity index (χ2v) is 2.78. The third kappa shape index (κ3) is 2.21. The van der Waals surface area contributed by atoms with Gasteiger partial charge in [0.05, 0.1) is 12.0 Å². The lowest BCUT2D eigenvalue weighted by Gasteiger charge is -1.98. The average molecular weight is 183 g/mol. The van der Waals surface area contributed by atoms with Crippen molar-refractivity contribution in [3.63, 3.8) is 0 Å². The number of carbonyl (C=O) groups excluding carboxylic acids is 1. The van der Waals surface area contributed by atoms with E-state index in [0.29, 0.717) is 5.56 Å². The summed E-state index contributed by atoms with van der Waals surface area (Å²) in [5, 5.41) is 8.81. The van der Waals surface area contributed by atoms with Gasteiger partial charge in [-0.25, -0.2) is 0 Å². The maximum atomic E-state index is 10.1. The maximum Gasteiger partial charge on any atom is 0.131 e. The maximum absolute atomic E-state index is 10.1. The van der Waals surface area contributed by atoms with Crippen LogP contribution in [0.3, 0.4) is 0 Å². The summed E-state index contributed by atoms with van der Waals surface area (Å²) in [7, 11) is 0. The van der Waals surface area contributed by atoms with Crippen molar-refractivity contribution >= 4 is 6.29 Å². The fourth-order valence-corrected chi connectivity index (χ4v) is 1.11. The molecule has 0 aliphatic rings. The van der Waals surface area contributed by atoms with E-state index in [2.05, 4.69) is 17.9 Å². The van der Waals surface area contributed by atoms with Crippen LogP contribution in [0.5, 0.6) is 0 Å². The summed E-state index contributed by atoms with van der Waals surface area (Å²) >= 11 is 0. The Bertz CT molecular complexity index is 444. The second kappa shape index (κ2) is 4.84. The van der Waals surface area contributed by atoms with E-state index in [0.717, 1.165) is 17.4 Å². The van der Waals surface area contributed by atoms with E-state index in [9.17, 15) is 4.79 Å². The first kappa shape index (κ1) is 10.0. The van der Waals surface area contributed by atoms with Crippen LogP contribution in [0.2, 0.25) is 0 Å². The van der Waals surface area contributed by atoms with Crippen molar-refractivity contribution in [2.75, 3.05) is 0 Å². The second-order valence-electron chi connectivity index (χ2n) is 2.78. The normalized spacial score (nSPS) is 8.29. The minimum Gasteiger partial charge on any atom is -0.302 e. The molecule has 1 aromatic rings. The van der Waals surface area contributed by atoms with E-state index < -0.39 is 0 Å². The Morgan fingerprint density at radius 3 is 2.93 bits per heavy atom. The molecule has 0 aromatic heterocycles. The summed E-state index contributed by atoms with van der Waals surface area (Å²) < 4.78 is 0. The van der Waals surface area contributed by atoms with Crippen molar-refractivity contribution in [1.29, 1.82) is 5.26 Å². The highest BCUT2D eigenvalue weighted by atomic mass is 16.1. The predicted molar refractivity (Wildman–Crippen MR) is 53.5 cm³/mol. The highest BCUT2D eigenvalue weighted by Gasteiger charge is 2.00. The average Bonchev–Trinajstić information content (AvgIpc) is 2.20. The van der Waals surface area contributed by atoms with Crippen LogP contribution in [0.25, 0.3) is 0 Å². The molecule has 68 valence electrons. The smallest absolute Gasteiger partial charge is 0.131 e. The van der Waals surface area contributed by atoms with E-state index in [1.165, 1.54) is 0 Å². The van der Waals surface area contributed by atoms with Crippen LogP contribution in [-0.2, 0) is 4.79 Å². The van der Waals surface area contributed by atoms with Crippen molar-refractivity contribution in [3.8, 4) is 17.9 Å². The molecule has 1 aromatic carbocycles. The largest absolute Gasteiger partial charge is 0.302 e. The van der Waals surface area contributed by atoms with Crippen molar-refractivity contribution in [2.24, 2.45) is 0 Å². The van der Waals surface area contributed by atoms with Gasteiger partial charge in [0.1, 0.15) is 12.4 Å². The molecule has 2 heteroatoms. The van der Waals surface area contributed by atoms with Gasteiger partial charge in [0.15, 0.2) is 0 Å². The van der Waals surface area contributed by atoms with Crippen molar-refractivity contribution < 1.29 is 4.79 Å². The van der Waals surface area contributed by atoms with Gasteiger partial charge in [-0.15, -0.1) is 0 Å². The monoisotopic (exact) mass is 183 g/mol. The zero-order valence-electron chi connectivity index (χ0n) is 7.87. The van der Waals surface area contributed by atoms with Crippen molar-refractivity contribution in [3.05, 3.63) is 34.9 Å². The van der Waals surface area contributed by atoms with E-state index in [1.807, 2.05) is 19.1 Å². The molecule has 0 unspecified atom stereocenters. The first-order valence-corrected chi connectivity index (χ1v) is 4.22. The van der Waals surface area contributed by atoms with E-state index in [-0.39, 0.29) is 6.42 Å². The van der Waals surface area contributed by atoms with Crippen molar-refractivity contribution in [1.82, 2.24) is 0 Å². The highest BCUT2D eigenvalue weighted by molar-refractivity contribution is 5.57. The molecule has 0 N–H and O–H groups in total. The fraction of sp³-hybridized carbons (Fsp3) is 0.167. The van der Waals surface area contributed by atoms with Crippen LogP contribution in [0, 0.1) is 30.1 Å². The molecule has 0 atom stereocenters. The SMILES string of the molecule is Cc1cccc(C#N)c1C#CCC=O. The van der Waals surface area contributed by atoms with Crippen LogP contribution in [0.1, 0.15) is 23.1 Å². The van der Waals surface area contributed by atoms with Gasteiger partial charge in [-0.05, 0) is 18.6 Å². The lowest BCUT2D eigenvalue weighted by atomic mass is 10.0. The number of aldehydes is 1. The fourth-order valence-electron chi connectivity index (χ4n) is 1.11. The van der Waals surface area contributed by atoms with Gasteiger partial charge in [0, 0.05) is 5.56 Å². The van der Waals surface area contributed by atoms with Crippen molar-refractivity contribution in [2.45, 2.75) is 13.3 Å². The summed E-state index contributed by atoms with van der Waals surface area (Å²) in [5.74, 6) is 5.53. The number of benzene rings is 1. The summed E-state index contributed by atoms with van der Waals surface area (Å²) in [4.78, 5) is 10.1. The molecule has 0 radical (unpaired) electrons. The number of rotatable bonds is 1. The summed E-state index contributed by atoms with van der Waals surface area (Å²) in [5.41, 5.74) is 2.24. The van der Waals surface area contributed by atoms with Crippen LogP contribution >= 0.6 is 0 Å². The van der Waals surface area contributed by atoms with Crippen LogP contribution in [0.15, 0.2) is 18.2 Å². The zero-order chi connectivity index (χ0) is 10.4. The third-order valence-corrected chi connectivity index (χ3v) is 1.79. The standard InChI is InChI=1S/C12H9NO/c1-10-5-4-6-11(9-13)12(10)7-2-3-8-14/h4-6,8H,3H2,1H3. The van der Waals surface area contributed by atoms with Gasteiger partial charge in [0.25, 0.3) is 0 Å². The Balaban J connectivity index is 3.14. The quantitative estimate of drug-likeness (QED) is 0.492. The Morgan fingerprint density at radius 2 is 2.29 bits per heavy atom. The Labute approximate surface area is 83.2 Å². The molecule has 0 bridgehead atoms. The first-order chi connectivity index (χ1) is 6.79. The van der Waals surface area contributed by atoms with Gasteiger partial charge in [-0.3, -0.25) is 0 Å². The van der Waals surface area contributed by atoms with Crippen LogP contribution < -0.4 is 0 Å². The zero-order valence-corrected chi connectivity index (χ0v) is 7.87. The molecule has 1 rings (SSSR count). The van der Waals surface area contributed by atoms with E-state index in [4.69, 9.17) is 5.26 Å². The third-order valence-electron chi connectivity index (χ3n) is 1.79. The Morgan fingerprint density at radius 1 is 1.50 bits per heavy atom. The lowest BCUT2D eigenvalue weighted by Crippen LogP contribution is -1.87. The van der Waals surface area contributed by atoms with Gasteiger partial charge < -0.3 is 4.79 Å². The molecule has 0 spiro atoms. The minimum atomic E-state index is 0.208. The highest BCUT2D eigenvalue weighted by Crippen LogP contribution is 2.11. The summed E-state index contributed by atoms with van der Waals surface area (Å²) in [6.45, 7) is 1.89. The molecular weight excluding hydrogens is 174 g/mol. The predicted octanol–water partition coefficient (Wildman–Crippen LogP) is 1.81. The molecule has 0 amide bonds. The molecule has 0 heterocycles. The lowest BCUT2D eigenvalue weighted by molar-refractivity contribution is -0.107. The van der Waals surface area contributed by atoms with Gasteiger partial charge >= 0.3 is 0 Å². The van der Waals surface area contributed by atoms with Crippen LogP contribution in [-0.4, -0.2) is 6.29 Å². The number of nitriles is 1. The molecule has 2 nitrogen and oxygen atoms in total. The van der Waals surface area contributed by atoms with Gasteiger partial charge in [-0.1, -0.05) is 24.0 Å². The molecule has 0 aliphatic carbocycles. The molecule has 0 saturated carbocycles. The number of carbonyl (C=O) groups is 1. The Hall–Kier alpha value is -2.06. The van der Waals surface area contributed by atoms with Crippen LogP contribution in [0.4, 0.5) is 0 Å². The number of aryl methyl sites for hydroxylation is 1. The topological polar surface area (TPSA) is 40.9 Å². The molecule has 14 heavy (non-hydrogen) atoms. The van der Waals surface area contributed by atoms with E-state index in [1.54, 1.807) is 6.07 Å². The molecule has 0 aliphatic heterocycles. The Kier molecular flexibility index (Phi) is 3.47. The number of hydrogen-bond acceptors (Lipinski definition) is 2. The minimum absolute atomic E-state index is 0.208. The molecular formula is C12H9NO. The van der Waals surface area contributed by atoms with Gasteiger partial charge in [0.2, 0.25) is 0 Å². The first-order valence-electron chi connectivity index (χ1n) is 4.22. The van der Waals surface area contributed by atoms with Gasteiger partial charge in [-0.2, -0.15) is 5.26 Å².